The van der Waals surface area contributed by atoms with Crippen LogP contribution in [-0.4, -0.2) is 49.9 Å². The van der Waals surface area contributed by atoms with Gasteiger partial charge in [0.2, 0.25) is 5.91 Å². The Balaban J connectivity index is 2.32. The monoisotopic (exact) mass is 268 g/mol. The largest absolute Gasteiger partial charge is 0.469 e. The smallest absolute Gasteiger partial charge is 0.307 e. The van der Waals surface area contributed by atoms with Crippen LogP contribution in [-0.2, 0) is 14.3 Å². The van der Waals surface area contributed by atoms with Crippen molar-refractivity contribution in [2.24, 2.45) is 0 Å². The molecule has 1 N–H and O–H groups in total. The summed E-state index contributed by atoms with van der Waals surface area (Å²) in [7, 11) is 2.77. The number of amides is 2. The molecule has 0 saturated heterocycles. The minimum atomic E-state index is -0.402. The summed E-state index contributed by atoms with van der Waals surface area (Å²) in [6.07, 6.45) is 1.48. The van der Waals surface area contributed by atoms with E-state index in [9.17, 15) is 14.4 Å². The third-order valence-corrected chi connectivity index (χ3v) is 2.34. The van der Waals surface area contributed by atoms with Crippen LogP contribution in [0, 0.1) is 0 Å². The van der Waals surface area contributed by atoms with Crippen molar-refractivity contribution in [2.75, 3.05) is 27.2 Å². The molecule has 0 aliphatic rings. The molecule has 0 saturated carbocycles. The topological polar surface area (TPSA) is 88.9 Å². The van der Waals surface area contributed by atoms with E-state index in [2.05, 4.69) is 10.1 Å². The summed E-state index contributed by atoms with van der Waals surface area (Å²) in [5, 5.41) is 2.51. The number of carbonyl (C=O) groups excluding carboxylic acids is 3. The van der Waals surface area contributed by atoms with Gasteiger partial charge in [-0.1, -0.05) is 0 Å². The number of nitrogens with one attached hydrogen (secondary N) is 1. The van der Waals surface area contributed by atoms with Gasteiger partial charge in [-0.15, -0.1) is 0 Å². The number of hydrogen-bond acceptors (Lipinski definition) is 5. The zero-order chi connectivity index (χ0) is 14.3. The van der Waals surface area contributed by atoms with Crippen molar-refractivity contribution in [1.82, 2.24) is 10.2 Å². The predicted molar refractivity (Wildman–Crippen MR) is 65.3 cm³/mol. The molecule has 1 rings (SSSR count). The molecule has 0 aromatic carbocycles. The predicted octanol–water partition coefficient (Wildman–Crippen LogP) is 0.0309. The molecule has 1 heterocycles. The molecule has 7 nitrogen and oxygen atoms in total. The number of esters is 1. The van der Waals surface area contributed by atoms with E-state index >= 15 is 0 Å². The van der Waals surface area contributed by atoms with Crippen LogP contribution in [0.5, 0.6) is 0 Å². The number of rotatable bonds is 6. The third-order valence-electron chi connectivity index (χ3n) is 2.34. The van der Waals surface area contributed by atoms with E-state index in [1.54, 1.807) is 6.07 Å². The fourth-order valence-corrected chi connectivity index (χ4v) is 1.34. The lowest BCUT2D eigenvalue weighted by atomic mass is 10.3. The minimum absolute atomic E-state index is 0.0953. The molecular formula is C12H16N2O5. The summed E-state index contributed by atoms with van der Waals surface area (Å²) in [6.45, 7) is 0.0645. The first-order valence-electron chi connectivity index (χ1n) is 5.67. The first-order chi connectivity index (χ1) is 9.04. The van der Waals surface area contributed by atoms with Gasteiger partial charge in [-0.2, -0.15) is 0 Å². The third kappa shape index (κ3) is 4.82. The van der Waals surface area contributed by atoms with E-state index in [1.807, 2.05) is 0 Å². The van der Waals surface area contributed by atoms with Gasteiger partial charge >= 0.3 is 5.97 Å². The lowest BCUT2D eigenvalue weighted by Gasteiger charge is -2.15. The van der Waals surface area contributed by atoms with Gasteiger partial charge in [0.05, 0.1) is 26.3 Å². The standard InChI is InChI=1S/C12H16N2O5/c1-14(12(17)9-4-3-7-19-9)8-10(15)13-6-5-11(16)18-2/h3-4,7H,5-6,8H2,1-2H3,(H,13,15). The Morgan fingerprint density at radius 3 is 2.74 bits per heavy atom. The molecule has 0 atom stereocenters. The summed E-state index contributed by atoms with van der Waals surface area (Å²) in [4.78, 5) is 35.3. The molecule has 1 aromatic heterocycles. The molecular weight excluding hydrogens is 252 g/mol. The van der Waals surface area contributed by atoms with Crippen molar-refractivity contribution in [2.45, 2.75) is 6.42 Å². The Bertz CT molecular complexity index is 441. The van der Waals surface area contributed by atoms with Gasteiger partial charge in [0.1, 0.15) is 0 Å². The number of carbonyl (C=O) groups is 3. The zero-order valence-electron chi connectivity index (χ0n) is 10.8. The Labute approximate surface area is 110 Å². The highest BCUT2D eigenvalue weighted by Crippen LogP contribution is 2.03. The quantitative estimate of drug-likeness (QED) is 0.735. The van der Waals surface area contributed by atoms with Crippen molar-refractivity contribution >= 4 is 17.8 Å². The maximum Gasteiger partial charge on any atom is 0.307 e. The van der Waals surface area contributed by atoms with Gasteiger partial charge in [0.25, 0.3) is 5.91 Å². The molecule has 19 heavy (non-hydrogen) atoms. The summed E-state index contributed by atoms with van der Waals surface area (Å²) in [5.74, 6) is -0.968. The van der Waals surface area contributed by atoms with E-state index in [0.717, 1.165) is 0 Å². The highest BCUT2D eigenvalue weighted by molar-refractivity contribution is 5.94. The van der Waals surface area contributed by atoms with Gasteiger partial charge < -0.3 is 19.4 Å². The van der Waals surface area contributed by atoms with Crippen LogP contribution in [0.25, 0.3) is 0 Å². The van der Waals surface area contributed by atoms with E-state index in [0.29, 0.717) is 0 Å². The average molecular weight is 268 g/mol. The zero-order valence-corrected chi connectivity index (χ0v) is 10.8. The fraction of sp³-hybridized carbons (Fsp3) is 0.417. The summed E-state index contributed by atoms with van der Waals surface area (Å²) in [5.41, 5.74) is 0. The molecule has 0 aliphatic carbocycles. The Kier molecular flexibility index (Phi) is 5.59. The lowest BCUT2D eigenvalue weighted by molar-refractivity contribution is -0.140. The molecule has 0 bridgehead atoms. The maximum atomic E-state index is 11.7. The Morgan fingerprint density at radius 1 is 1.42 bits per heavy atom. The molecule has 1 aromatic rings. The summed E-state index contributed by atoms with van der Waals surface area (Å²) < 4.78 is 9.37. The van der Waals surface area contributed by atoms with E-state index in [-0.39, 0.29) is 37.1 Å². The SMILES string of the molecule is COC(=O)CCNC(=O)CN(C)C(=O)c1ccco1. The lowest BCUT2D eigenvalue weighted by Crippen LogP contribution is -2.38. The average Bonchev–Trinajstić information content (AvgIpc) is 2.91. The van der Waals surface area contributed by atoms with Crippen molar-refractivity contribution < 1.29 is 23.5 Å². The fourth-order valence-electron chi connectivity index (χ4n) is 1.34. The van der Waals surface area contributed by atoms with Crippen LogP contribution in [0.2, 0.25) is 0 Å². The Hall–Kier alpha value is -2.31. The molecule has 0 aliphatic heterocycles. The van der Waals surface area contributed by atoms with Crippen molar-refractivity contribution in [3.05, 3.63) is 24.2 Å². The van der Waals surface area contributed by atoms with Crippen molar-refractivity contribution in [3.63, 3.8) is 0 Å². The first kappa shape index (κ1) is 14.7. The van der Waals surface area contributed by atoms with Crippen molar-refractivity contribution in [1.29, 1.82) is 0 Å². The molecule has 2 amide bonds. The Morgan fingerprint density at radius 2 is 2.16 bits per heavy atom. The maximum absolute atomic E-state index is 11.7. The van der Waals surface area contributed by atoms with Gasteiger partial charge in [0, 0.05) is 13.6 Å². The highest BCUT2D eigenvalue weighted by Gasteiger charge is 2.16. The number of methoxy groups -OCH3 is 1. The summed E-state index contributed by atoms with van der Waals surface area (Å²) >= 11 is 0. The van der Waals surface area contributed by atoms with E-state index in [1.165, 1.54) is 31.4 Å². The summed E-state index contributed by atoms with van der Waals surface area (Å²) in [6, 6.07) is 3.12. The second-order valence-electron chi connectivity index (χ2n) is 3.81. The number of nitrogens with zero attached hydrogens (tertiary/aromatic N) is 1. The van der Waals surface area contributed by atoms with Crippen LogP contribution >= 0.6 is 0 Å². The van der Waals surface area contributed by atoms with E-state index < -0.39 is 5.97 Å². The number of hydrogen-bond donors (Lipinski definition) is 1. The molecule has 0 spiro atoms. The molecule has 7 heteroatoms. The van der Waals surface area contributed by atoms with Crippen LogP contribution < -0.4 is 5.32 Å². The van der Waals surface area contributed by atoms with Crippen LogP contribution in [0.4, 0.5) is 0 Å². The second-order valence-corrected chi connectivity index (χ2v) is 3.81. The molecule has 0 unspecified atom stereocenters. The molecule has 0 radical (unpaired) electrons. The minimum Gasteiger partial charge on any atom is -0.469 e. The van der Waals surface area contributed by atoms with Crippen LogP contribution in [0.3, 0.4) is 0 Å². The van der Waals surface area contributed by atoms with Crippen LogP contribution in [0.1, 0.15) is 17.0 Å². The van der Waals surface area contributed by atoms with Crippen LogP contribution in [0.15, 0.2) is 22.8 Å². The molecule has 0 fully saturated rings. The van der Waals surface area contributed by atoms with Gasteiger partial charge in [-0.3, -0.25) is 14.4 Å². The number of ether oxygens (including phenoxy) is 1. The first-order valence-corrected chi connectivity index (χ1v) is 5.67. The number of furan rings is 1. The normalized spacial score (nSPS) is 9.79. The van der Waals surface area contributed by atoms with Crippen molar-refractivity contribution in [3.8, 4) is 0 Å². The number of likely N-dealkylation sites (N-methyl/N-ethyl adjacent to an activating group) is 1. The van der Waals surface area contributed by atoms with Gasteiger partial charge in [-0.25, -0.2) is 0 Å². The second kappa shape index (κ2) is 7.20. The molecule has 104 valence electrons. The van der Waals surface area contributed by atoms with E-state index in [4.69, 9.17) is 4.42 Å². The highest BCUT2D eigenvalue weighted by atomic mass is 16.5. The van der Waals surface area contributed by atoms with Gasteiger partial charge in [0.15, 0.2) is 5.76 Å². The van der Waals surface area contributed by atoms with Gasteiger partial charge in [-0.05, 0) is 12.1 Å².